The number of likely N-dealkylation sites (N-methyl/N-ethyl adjacent to an activating group) is 1. The van der Waals surface area contributed by atoms with Crippen LogP contribution in [0.3, 0.4) is 0 Å². The summed E-state index contributed by atoms with van der Waals surface area (Å²) in [6, 6.07) is 18.0. The maximum Gasteiger partial charge on any atom is 0.324 e. The second-order valence-corrected chi connectivity index (χ2v) is 12.5. The summed E-state index contributed by atoms with van der Waals surface area (Å²) in [7, 11) is 1.22. The van der Waals surface area contributed by atoms with Crippen molar-refractivity contribution in [2.24, 2.45) is 5.92 Å². The van der Waals surface area contributed by atoms with Crippen LogP contribution in [0.5, 0.6) is 5.75 Å². The Labute approximate surface area is 252 Å². The lowest BCUT2D eigenvalue weighted by Crippen LogP contribution is -2.44. The van der Waals surface area contributed by atoms with Crippen LogP contribution < -0.4 is 14.8 Å². The van der Waals surface area contributed by atoms with Gasteiger partial charge in [-0.25, -0.2) is 8.42 Å². The molecule has 2 N–H and O–H groups in total. The molecule has 0 bridgehead atoms. The molecule has 10 nitrogen and oxygen atoms in total. The molecule has 0 radical (unpaired) electrons. The summed E-state index contributed by atoms with van der Waals surface area (Å²) in [5.74, 6) is -0.440. The Kier molecular flexibility index (Phi) is 9.90. The molecular weight excluding hydrogens is 570 g/mol. The van der Waals surface area contributed by atoms with E-state index in [4.69, 9.17) is 13.9 Å². The molecule has 0 aliphatic carbocycles. The third kappa shape index (κ3) is 7.42. The van der Waals surface area contributed by atoms with Crippen molar-refractivity contribution in [2.75, 3.05) is 39.7 Å². The van der Waals surface area contributed by atoms with E-state index in [1.165, 1.54) is 19.2 Å². The first kappa shape index (κ1) is 31.7. The molecule has 4 aromatic rings. The summed E-state index contributed by atoms with van der Waals surface area (Å²) in [5, 5.41) is 3.65. The fourth-order valence-electron chi connectivity index (χ4n) is 4.52. The molecule has 0 spiro atoms. The number of sulfonamides is 1. The number of nitrogens with zero attached hydrogens (tertiary/aromatic N) is 1. The van der Waals surface area contributed by atoms with Gasteiger partial charge >= 0.3 is 5.97 Å². The summed E-state index contributed by atoms with van der Waals surface area (Å²) in [6.45, 7) is 6.56. The van der Waals surface area contributed by atoms with Gasteiger partial charge in [0.2, 0.25) is 10.0 Å². The van der Waals surface area contributed by atoms with Crippen LogP contribution in [0.15, 0.2) is 76.0 Å². The highest BCUT2D eigenvalue weighted by Gasteiger charge is 2.29. The highest BCUT2D eigenvalue weighted by molar-refractivity contribution is 7.89. The lowest BCUT2D eigenvalue weighted by molar-refractivity contribution is -0.143. The fraction of sp³-hybridized carbons (Fsp3) is 0.312. The number of aryl methyl sites for hydroxylation is 1. The fourth-order valence-corrected chi connectivity index (χ4v) is 5.85. The van der Waals surface area contributed by atoms with Gasteiger partial charge in [-0.15, -0.1) is 0 Å². The second kappa shape index (κ2) is 13.4. The minimum Gasteiger partial charge on any atom is -0.491 e. The third-order valence-corrected chi connectivity index (χ3v) is 8.42. The number of hydrogen-bond donors (Lipinski definition) is 2. The van der Waals surface area contributed by atoms with Gasteiger partial charge in [-0.1, -0.05) is 44.2 Å². The zero-order valence-electron chi connectivity index (χ0n) is 25.1. The quantitative estimate of drug-likeness (QED) is 0.214. The number of amides is 1. The Morgan fingerprint density at radius 3 is 2.16 bits per heavy atom. The molecule has 3 aromatic carbocycles. The number of nitrogens with one attached hydrogen (secondary N) is 2. The van der Waals surface area contributed by atoms with Gasteiger partial charge in [0.25, 0.3) is 5.91 Å². The van der Waals surface area contributed by atoms with Crippen LogP contribution >= 0.6 is 0 Å². The SMILES string of the molecule is COC(=O)[C@@H](NS(=O)(=O)c1ccc(-c2ccc(NC(=O)c3oc4cccc(OCCN(C)C)c4c3C)cc2)cc1)C(C)C. The van der Waals surface area contributed by atoms with Crippen LogP contribution in [0.2, 0.25) is 0 Å². The Balaban J connectivity index is 1.46. The van der Waals surface area contributed by atoms with Crippen LogP contribution in [-0.2, 0) is 19.6 Å². The van der Waals surface area contributed by atoms with E-state index >= 15 is 0 Å². The van der Waals surface area contributed by atoms with E-state index in [9.17, 15) is 18.0 Å². The smallest absolute Gasteiger partial charge is 0.324 e. The molecule has 0 saturated carbocycles. The monoisotopic (exact) mass is 607 g/mol. The molecule has 0 saturated heterocycles. The molecule has 0 fully saturated rings. The minimum absolute atomic E-state index is 0.0298. The summed E-state index contributed by atoms with van der Waals surface area (Å²) < 4.78 is 44.8. The van der Waals surface area contributed by atoms with Gasteiger partial charge in [0.05, 0.1) is 17.4 Å². The van der Waals surface area contributed by atoms with E-state index in [1.807, 2.05) is 50.2 Å². The lowest BCUT2D eigenvalue weighted by Gasteiger charge is -2.19. The molecule has 0 unspecified atom stereocenters. The first-order valence-electron chi connectivity index (χ1n) is 13.8. The highest BCUT2D eigenvalue weighted by atomic mass is 32.2. The van der Waals surface area contributed by atoms with Crippen LogP contribution in [0.4, 0.5) is 5.69 Å². The Hall–Kier alpha value is -4.19. The van der Waals surface area contributed by atoms with Crippen LogP contribution in [-0.4, -0.2) is 65.6 Å². The molecule has 0 aliphatic rings. The molecule has 1 heterocycles. The first-order valence-corrected chi connectivity index (χ1v) is 15.3. The normalized spacial score (nSPS) is 12.5. The Bertz CT molecular complexity index is 1690. The van der Waals surface area contributed by atoms with E-state index in [1.54, 1.807) is 44.2 Å². The number of methoxy groups -OCH3 is 1. The zero-order chi connectivity index (χ0) is 31.3. The maximum absolute atomic E-state index is 13.1. The average molecular weight is 608 g/mol. The van der Waals surface area contributed by atoms with Gasteiger partial charge in [0.15, 0.2) is 5.76 Å². The molecule has 11 heteroatoms. The molecule has 1 amide bonds. The van der Waals surface area contributed by atoms with E-state index in [2.05, 4.69) is 10.0 Å². The predicted octanol–water partition coefficient (Wildman–Crippen LogP) is 5.08. The van der Waals surface area contributed by atoms with Crippen molar-refractivity contribution < 1.29 is 31.9 Å². The highest BCUT2D eigenvalue weighted by Crippen LogP contribution is 2.34. The van der Waals surface area contributed by atoms with Gasteiger partial charge in [-0.05, 0) is 74.5 Å². The number of rotatable bonds is 12. The molecule has 4 rings (SSSR count). The topological polar surface area (TPSA) is 127 Å². The number of ether oxygens (including phenoxy) is 2. The van der Waals surface area contributed by atoms with Gasteiger partial charge in [0, 0.05) is 17.8 Å². The third-order valence-electron chi connectivity index (χ3n) is 6.96. The molecule has 1 aromatic heterocycles. The average Bonchev–Trinajstić information content (AvgIpc) is 3.33. The number of benzene rings is 3. The predicted molar refractivity (Wildman–Crippen MR) is 166 cm³/mol. The summed E-state index contributed by atoms with van der Waals surface area (Å²) in [5.41, 5.74) is 3.44. The van der Waals surface area contributed by atoms with Gasteiger partial charge in [-0.2, -0.15) is 4.72 Å². The summed E-state index contributed by atoms with van der Waals surface area (Å²) in [4.78, 5) is 27.2. The lowest BCUT2D eigenvalue weighted by atomic mass is 10.1. The molecule has 0 aliphatic heterocycles. The Morgan fingerprint density at radius 1 is 0.953 bits per heavy atom. The van der Waals surface area contributed by atoms with Gasteiger partial charge in [0.1, 0.15) is 24.0 Å². The van der Waals surface area contributed by atoms with Crippen molar-refractivity contribution in [3.05, 3.63) is 78.1 Å². The number of fused-ring (bicyclic) bond motifs is 1. The van der Waals surface area contributed by atoms with Gasteiger partial charge < -0.3 is 24.1 Å². The molecule has 43 heavy (non-hydrogen) atoms. The van der Waals surface area contributed by atoms with E-state index < -0.39 is 22.0 Å². The van der Waals surface area contributed by atoms with Gasteiger partial charge in [-0.3, -0.25) is 9.59 Å². The number of hydrogen-bond acceptors (Lipinski definition) is 8. The maximum atomic E-state index is 13.1. The van der Waals surface area contributed by atoms with Crippen LogP contribution in [0.25, 0.3) is 22.1 Å². The van der Waals surface area contributed by atoms with E-state index in [-0.39, 0.29) is 22.5 Å². The zero-order valence-corrected chi connectivity index (χ0v) is 25.9. The molecule has 228 valence electrons. The van der Waals surface area contributed by atoms with Crippen LogP contribution in [0.1, 0.15) is 30.0 Å². The van der Waals surface area contributed by atoms with Crippen molar-refractivity contribution in [2.45, 2.75) is 31.7 Å². The number of esters is 1. The standard InChI is InChI=1S/C32H37N3O7S/c1-20(2)29(32(37)40-6)34-43(38,39)25-16-12-23(13-17-25)22-10-14-24(15-11-22)33-31(36)30-21(3)28-26(41-19-18-35(4)5)8-7-9-27(28)42-30/h7-17,20,29,34H,18-19H2,1-6H3,(H,33,36)/t29-/m0/s1. The van der Waals surface area contributed by atoms with E-state index in [0.717, 1.165) is 23.1 Å². The minimum atomic E-state index is -3.95. The number of carbonyl (C=O) groups excluding carboxylic acids is 2. The second-order valence-electron chi connectivity index (χ2n) is 10.8. The largest absolute Gasteiger partial charge is 0.491 e. The van der Waals surface area contributed by atoms with Crippen molar-refractivity contribution in [1.82, 2.24) is 9.62 Å². The van der Waals surface area contributed by atoms with Crippen molar-refractivity contribution >= 4 is 38.6 Å². The van der Waals surface area contributed by atoms with Crippen molar-refractivity contribution in [3.8, 4) is 16.9 Å². The van der Waals surface area contributed by atoms with Crippen molar-refractivity contribution in [3.63, 3.8) is 0 Å². The number of carbonyl (C=O) groups is 2. The van der Waals surface area contributed by atoms with Crippen LogP contribution in [0, 0.1) is 12.8 Å². The molecule has 1 atom stereocenters. The van der Waals surface area contributed by atoms with Crippen molar-refractivity contribution in [1.29, 1.82) is 0 Å². The Morgan fingerprint density at radius 2 is 1.58 bits per heavy atom. The molecular formula is C32H37N3O7S. The first-order chi connectivity index (χ1) is 20.4. The summed E-state index contributed by atoms with van der Waals surface area (Å²) >= 11 is 0. The number of anilines is 1. The summed E-state index contributed by atoms with van der Waals surface area (Å²) in [6.07, 6.45) is 0. The van der Waals surface area contributed by atoms with E-state index in [0.29, 0.717) is 29.2 Å². The number of furan rings is 1.